The summed E-state index contributed by atoms with van der Waals surface area (Å²) >= 11 is 0. The van der Waals surface area contributed by atoms with Gasteiger partial charge in [-0.05, 0) is 117 Å². The Bertz CT molecular complexity index is 716. The maximum atomic E-state index is 6.25. The van der Waals surface area contributed by atoms with Gasteiger partial charge in [0.1, 0.15) is 0 Å². The van der Waals surface area contributed by atoms with E-state index in [1.54, 1.807) is 5.57 Å². The Morgan fingerprint density at radius 1 is 0.906 bits per heavy atom. The maximum Gasteiger partial charge on any atom is 0.0616 e. The molecule has 9 atom stereocenters. The minimum atomic E-state index is 0.353. The summed E-state index contributed by atoms with van der Waals surface area (Å²) in [7, 11) is 0. The zero-order chi connectivity index (χ0) is 23.3. The van der Waals surface area contributed by atoms with Gasteiger partial charge in [-0.3, -0.25) is 0 Å². The van der Waals surface area contributed by atoms with E-state index in [9.17, 15) is 0 Å². The Kier molecular flexibility index (Phi) is 7.09. The minimum absolute atomic E-state index is 0.353. The lowest BCUT2D eigenvalue weighted by molar-refractivity contribution is -0.0687. The first-order chi connectivity index (χ1) is 15.1. The molecule has 0 aromatic carbocycles. The largest absolute Gasteiger partial charge is 0.375 e. The van der Waals surface area contributed by atoms with Crippen molar-refractivity contribution in [2.24, 2.45) is 52.3 Å². The van der Waals surface area contributed by atoms with Crippen molar-refractivity contribution in [3.63, 3.8) is 0 Å². The zero-order valence-electron chi connectivity index (χ0n) is 22.5. The van der Waals surface area contributed by atoms with Crippen LogP contribution in [0.5, 0.6) is 0 Å². The molecule has 0 saturated heterocycles. The molecule has 3 fully saturated rings. The van der Waals surface area contributed by atoms with E-state index in [4.69, 9.17) is 4.74 Å². The number of hydrogen-bond donors (Lipinski definition) is 0. The number of ether oxygens (including phenoxy) is 1. The highest BCUT2D eigenvalue weighted by Gasteiger charge is 2.59. The summed E-state index contributed by atoms with van der Waals surface area (Å²) < 4.78 is 6.25. The van der Waals surface area contributed by atoms with Crippen LogP contribution in [0.15, 0.2) is 23.8 Å². The molecule has 9 unspecified atom stereocenters. The van der Waals surface area contributed by atoms with E-state index in [-0.39, 0.29) is 0 Å². The van der Waals surface area contributed by atoms with E-state index >= 15 is 0 Å². The highest BCUT2D eigenvalue weighted by atomic mass is 16.5. The van der Waals surface area contributed by atoms with Crippen LogP contribution in [0.4, 0.5) is 0 Å². The number of hydrogen-bond acceptors (Lipinski definition) is 1. The molecule has 0 amide bonds. The van der Waals surface area contributed by atoms with Crippen molar-refractivity contribution in [3.8, 4) is 0 Å². The molecule has 1 heteroatoms. The lowest BCUT2D eigenvalue weighted by atomic mass is 9.47. The predicted octanol–water partition coefficient (Wildman–Crippen LogP) is 8.84. The van der Waals surface area contributed by atoms with Crippen molar-refractivity contribution in [3.05, 3.63) is 23.8 Å². The number of fused-ring (bicyclic) bond motifs is 5. The highest BCUT2D eigenvalue weighted by Crippen LogP contribution is 2.67. The van der Waals surface area contributed by atoms with Crippen molar-refractivity contribution in [2.45, 2.75) is 119 Å². The van der Waals surface area contributed by atoms with Gasteiger partial charge in [0.25, 0.3) is 0 Å². The van der Waals surface area contributed by atoms with E-state index in [2.05, 4.69) is 73.6 Å². The average molecular weight is 441 g/mol. The third-order valence-corrected chi connectivity index (χ3v) is 11.0. The quantitative estimate of drug-likeness (QED) is 0.375. The summed E-state index contributed by atoms with van der Waals surface area (Å²) in [6, 6.07) is 0. The average Bonchev–Trinajstić information content (AvgIpc) is 3.08. The van der Waals surface area contributed by atoms with Crippen molar-refractivity contribution in [1.29, 1.82) is 0 Å². The van der Waals surface area contributed by atoms with Crippen LogP contribution in [0.25, 0.3) is 0 Å². The molecule has 0 heterocycles. The molecule has 32 heavy (non-hydrogen) atoms. The summed E-state index contributed by atoms with van der Waals surface area (Å²) in [6.45, 7) is 19.3. The van der Waals surface area contributed by atoms with Gasteiger partial charge in [-0.1, -0.05) is 65.3 Å². The van der Waals surface area contributed by atoms with Crippen LogP contribution in [-0.2, 0) is 4.74 Å². The van der Waals surface area contributed by atoms with E-state index in [0.717, 1.165) is 35.5 Å². The van der Waals surface area contributed by atoms with Gasteiger partial charge in [0.15, 0.2) is 0 Å². The molecule has 182 valence electrons. The van der Waals surface area contributed by atoms with Gasteiger partial charge < -0.3 is 4.74 Å². The smallest absolute Gasteiger partial charge is 0.0616 e. The van der Waals surface area contributed by atoms with Crippen LogP contribution in [-0.4, -0.2) is 12.2 Å². The third-order valence-electron chi connectivity index (χ3n) is 11.0. The van der Waals surface area contributed by atoms with Gasteiger partial charge in [-0.2, -0.15) is 0 Å². The molecule has 1 nitrogen and oxygen atoms in total. The van der Waals surface area contributed by atoms with Gasteiger partial charge in [0.2, 0.25) is 0 Å². The topological polar surface area (TPSA) is 9.23 Å². The fraction of sp³-hybridized carbons (Fsp3) is 0.871. The zero-order valence-corrected chi connectivity index (χ0v) is 22.5. The summed E-state index contributed by atoms with van der Waals surface area (Å²) in [4.78, 5) is 0. The molecule has 4 rings (SSSR count). The van der Waals surface area contributed by atoms with Crippen LogP contribution in [0.3, 0.4) is 0 Å². The first-order valence-electron chi connectivity index (χ1n) is 14.1. The Morgan fingerprint density at radius 2 is 1.66 bits per heavy atom. The molecule has 0 radical (unpaired) electrons. The molecule has 4 aliphatic rings. The molecule has 0 spiro atoms. The fourth-order valence-corrected chi connectivity index (χ4v) is 8.74. The molecule has 0 bridgehead atoms. The normalized spacial score (nSPS) is 43.7. The van der Waals surface area contributed by atoms with Gasteiger partial charge in [0.05, 0.1) is 12.2 Å². The van der Waals surface area contributed by atoms with Gasteiger partial charge in [-0.15, -0.1) is 0 Å². The molecule has 4 aliphatic carbocycles. The van der Waals surface area contributed by atoms with Gasteiger partial charge in [-0.25, -0.2) is 0 Å². The van der Waals surface area contributed by atoms with Crippen molar-refractivity contribution in [1.82, 2.24) is 0 Å². The molecule has 0 aromatic rings. The summed E-state index contributed by atoms with van der Waals surface area (Å²) in [6.07, 6.45) is 19.6. The van der Waals surface area contributed by atoms with Crippen molar-refractivity contribution < 1.29 is 4.74 Å². The van der Waals surface area contributed by atoms with Gasteiger partial charge >= 0.3 is 0 Å². The van der Waals surface area contributed by atoms with Crippen LogP contribution >= 0.6 is 0 Å². The van der Waals surface area contributed by atoms with E-state index in [0.29, 0.717) is 29.0 Å². The third kappa shape index (κ3) is 4.30. The van der Waals surface area contributed by atoms with E-state index in [1.807, 2.05) is 0 Å². The van der Waals surface area contributed by atoms with Crippen LogP contribution in [0, 0.1) is 52.3 Å². The Balaban J connectivity index is 1.49. The second-order valence-corrected chi connectivity index (χ2v) is 13.4. The molecule has 0 aliphatic heterocycles. The van der Waals surface area contributed by atoms with Crippen LogP contribution < -0.4 is 0 Å². The highest BCUT2D eigenvalue weighted by molar-refractivity contribution is 5.25. The molecular formula is C31H52O. The van der Waals surface area contributed by atoms with Crippen molar-refractivity contribution >= 4 is 0 Å². The summed E-state index contributed by atoms with van der Waals surface area (Å²) in [5.41, 5.74) is 2.75. The second kappa shape index (κ2) is 9.24. The minimum Gasteiger partial charge on any atom is -0.375 e. The molecule has 0 aromatic heterocycles. The molecule has 0 N–H and O–H groups in total. The standard InChI is InChI=1S/C31H52O/c1-20(2)22(5)9-10-23(6)27-13-14-28-26-12-11-24-19-25(32-21(3)4)15-17-30(24,7)29(26)16-18-31(27,28)8/h9-11,20-23,25-29H,12-19H2,1-8H3/b10-9+. The maximum absolute atomic E-state index is 6.25. The van der Waals surface area contributed by atoms with Crippen molar-refractivity contribution in [2.75, 3.05) is 0 Å². The SMILES string of the molecule is CC(C)OC1CCC2(C)C(=CCC3C2CCC2(C)C(C(C)/C=C/C(C)C(C)C)CCC32)C1. The molecule has 3 saturated carbocycles. The Hall–Kier alpha value is -0.560. The van der Waals surface area contributed by atoms with Gasteiger partial charge in [0, 0.05) is 0 Å². The lowest BCUT2D eigenvalue weighted by Gasteiger charge is -2.58. The Morgan fingerprint density at radius 3 is 2.34 bits per heavy atom. The van der Waals surface area contributed by atoms with Crippen LogP contribution in [0.1, 0.15) is 107 Å². The van der Waals surface area contributed by atoms with Crippen LogP contribution in [0.2, 0.25) is 0 Å². The first kappa shape index (κ1) is 24.6. The Labute approximate surface area is 199 Å². The van der Waals surface area contributed by atoms with E-state index in [1.165, 1.54) is 51.4 Å². The summed E-state index contributed by atoms with van der Waals surface area (Å²) in [5.74, 6) is 5.78. The monoisotopic (exact) mass is 440 g/mol. The first-order valence-corrected chi connectivity index (χ1v) is 14.1. The number of rotatable bonds is 6. The predicted molar refractivity (Wildman–Crippen MR) is 138 cm³/mol. The van der Waals surface area contributed by atoms with E-state index < -0.39 is 0 Å². The second-order valence-electron chi connectivity index (χ2n) is 13.4. The lowest BCUT2D eigenvalue weighted by Crippen LogP contribution is -2.51. The summed E-state index contributed by atoms with van der Waals surface area (Å²) in [5, 5.41) is 0. The molecular weight excluding hydrogens is 388 g/mol. The number of allylic oxidation sites excluding steroid dienone is 3. The fourth-order valence-electron chi connectivity index (χ4n) is 8.74.